The van der Waals surface area contributed by atoms with Crippen LogP contribution in [0.5, 0.6) is 11.5 Å². The van der Waals surface area contributed by atoms with Gasteiger partial charge in [-0.15, -0.1) is 0 Å². The first-order valence-corrected chi connectivity index (χ1v) is 9.77. The van der Waals surface area contributed by atoms with Gasteiger partial charge in [0.15, 0.2) is 11.5 Å². The third kappa shape index (κ3) is 4.29. The van der Waals surface area contributed by atoms with Crippen LogP contribution in [0.4, 0.5) is 0 Å². The first-order valence-electron chi connectivity index (χ1n) is 8.17. The van der Waals surface area contributed by atoms with E-state index in [9.17, 15) is 4.79 Å². The second kappa shape index (κ2) is 8.33. The number of thioether (sulfide) groups is 1. The molecular weight excluding hydrogens is 402 g/mol. The Bertz CT molecular complexity index is 943. The fourth-order valence-electron chi connectivity index (χ4n) is 2.58. The Labute approximate surface area is 173 Å². The van der Waals surface area contributed by atoms with Crippen molar-refractivity contribution >= 4 is 51.9 Å². The summed E-state index contributed by atoms with van der Waals surface area (Å²) in [5.41, 5.74) is 2.96. The Kier molecular flexibility index (Phi) is 6.09. The van der Waals surface area contributed by atoms with Crippen LogP contribution in [0.25, 0.3) is 6.08 Å². The molecule has 1 saturated heterocycles. The van der Waals surface area contributed by atoms with E-state index in [1.165, 1.54) is 16.7 Å². The number of hydrogen-bond acceptors (Lipinski definition) is 5. The Morgan fingerprint density at radius 3 is 2.67 bits per heavy atom. The van der Waals surface area contributed by atoms with E-state index >= 15 is 0 Å². The lowest BCUT2D eigenvalue weighted by atomic mass is 10.1. The fourth-order valence-corrected chi connectivity index (χ4v) is 4.04. The fraction of sp³-hybridized carbons (Fsp3) is 0.200. The summed E-state index contributed by atoms with van der Waals surface area (Å²) in [4.78, 5) is 14.2. The lowest BCUT2D eigenvalue weighted by Crippen LogP contribution is -2.22. The van der Waals surface area contributed by atoms with Gasteiger partial charge < -0.3 is 9.47 Å². The number of ether oxygens (including phenoxy) is 2. The molecular formula is C20H18ClNO3S2. The molecule has 1 heterocycles. The SMILES string of the molecule is COc1cc(/C=C2\SC(=S)N(C)C2=O)cc(Cl)c1OCc1ccccc1C. The van der Waals surface area contributed by atoms with Gasteiger partial charge in [0.1, 0.15) is 10.9 Å². The van der Waals surface area contributed by atoms with Crippen molar-refractivity contribution in [2.24, 2.45) is 0 Å². The number of amides is 1. The summed E-state index contributed by atoms with van der Waals surface area (Å²) in [7, 11) is 3.22. The molecule has 7 heteroatoms. The van der Waals surface area contributed by atoms with Gasteiger partial charge in [-0.3, -0.25) is 9.69 Å². The first kappa shape index (κ1) is 19.7. The number of thiocarbonyl (C=S) groups is 1. The lowest BCUT2D eigenvalue weighted by Gasteiger charge is -2.14. The van der Waals surface area contributed by atoms with Crippen LogP contribution in [-0.2, 0) is 11.4 Å². The van der Waals surface area contributed by atoms with Crippen molar-refractivity contribution in [1.82, 2.24) is 4.90 Å². The quantitative estimate of drug-likeness (QED) is 0.500. The lowest BCUT2D eigenvalue weighted by molar-refractivity contribution is -0.121. The zero-order valence-corrected chi connectivity index (χ0v) is 17.5. The number of benzene rings is 2. The smallest absolute Gasteiger partial charge is 0.265 e. The second-order valence-corrected chi connectivity index (χ2v) is 8.07. The van der Waals surface area contributed by atoms with E-state index in [4.69, 9.17) is 33.3 Å². The summed E-state index contributed by atoms with van der Waals surface area (Å²) in [6.45, 7) is 2.42. The molecule has 0 bridgehead atoms. The summed E-state index contributed by atoms with van der Waals surface area (Å²) < 4.78 is 11.9. The van der Waals surface area contributed by atoms with Gasteiger partial charge in [-0.05, 0) is 41.8 Å². The highest BCUT2D eigenvalue weighted by Crippen LogP contribution is 2.39. The maximum atomic E-state index is 12.2. The number of halogens is 1. The molecule has 0 aliphatic carbocycles. The summed E-state index contributed by atoms with van der Waals surface area (Å²) >= 11 is 12.9. The average molecular weight is 420 g/mol. The Morgan fingerprint density at radius 1 is 1.30 bits per heavy atom. The number of nitrogens with zero attached hydrogens (tertiary/aromatic N) is 1. The second-order valence-electron chi connectivity index (χ2n) is 5.99. The van der Waals surface area contributed by atoms with E-state index in [0.717, 1.165) is 16.7 Å². The molecule has 3 rings (SSSR count). The van der Waals surface area contributed by atoms with Gasteiger partial charge in [-0.1, -0.05) is 59.8 Å². The third-order valence-corrected chi connectivity index (χ3v) is 5.93. The van der Waals surface area contributed by atoms with Crippen LogP contribution in [0.3, 0.4) is 0 Å². The molecule has 140 valence electrons. The standard InChI is InChI=1S/C20H18ClNO3S2/c1-12-6-4-5-7-14(12)11-25-18-15(21)8-13(9-16(18)24-3)10-17-19(23)22(2)20(26)27-17/h4-10H,11H2,1-3H3/b17-10-. The molecule has 27 heavy (non-hydrogen) atoms. The van der Waals surface area contributed by atoms with Crippen molar-refractivity contribution in [3.8, 4) is 11.5 Å². The highest BCUT2D eigenvalue weighted by molar-refractivity contribution is 8.26. The van der Waals surface area contributed by atoms with E-state index < -0.39 is 0 Å². The van der Waals surface area contributed by atoms with Crippen molar-refractivity contribution in [3.63, 3.8) is 0 Å². The largest absolute Gasteiger partial charge is 0.493 e. The van der Waals surface area contributed by atoms with Crippen LogP contribution < -0.4 is 9.47 Å². The number of methoxy groups -OCH3 is 1. The van der Waals surface area contributed by atoms with Gasteiger partial charge in [0, 0.05) is 7.05 Å². The molecule has 0 atom stereocenters. The molecule has 1 aliphatic rings. The van der Waals surface area contributed by atoms with E-state index in [1.54, 1.807) is 32.4 Å². The Morgan fingerprint density at radius 2 is 2.04 bits per heavy atom. The number of carbonyl (C=O) groups is 1. The average Bonchev–Trinajstić information content (AvgIpc) is 2.88. The molecule has 0 aromatic heterocycles. The van der Waals surface area contributed by atoms with E-state index in [2.05, 4.69) is 0 Å². The van der Waals surface area contributed by atoms with Gasteiger partial charge in [-0.2, -0.15) is 0 Å². The highest BCUT2D eigenvalue weighted by atomic mass is 35.5. The number of hydrogen-bond donors (Lipinski definition) is 0. The Balaban J connectivity index is 1.87. The first-order chi connectivity index (χ1) is 12.9. The van der Waals surface area contributed by atoms with Crippen LogP contribution >= 0.6 is 35.6 Å². The predicted molar refractivity (Wildman–Crippen MR) is 114 cm³/mol. The van der Waals surface area contributed by atoms with E-state index in [-0.39, 0.29) is 5.91 Å². The number of aryl methyl sites for hydroxylation is 1. The van der Waals surface area contributed by atoms with Crippen molar-refractivity contribution in [1.29, 1.82) is 0 Å². The maximum Gasteiger partial charge on any atom is 0.265 e. The molecule has 0 saturated carbocycles. The predicted octanol–water partition coefficient (Wildman–Crippen LogP) is 5.07. The number of rotatable bonds is 5. The van der Waals surface area contributed by atoms with Crippen molar-refractivity contribution in [2.45, 2.75) is 13.5 Å². The van der Waals surface area contributed by atoms with E-state index in [0.29, 0.717) is 32.4 Å². The molecule has 1 aliphatic heterocycles. The number of carbonyl (C=O) groups excluding carboxylic acids is 1. The molecule has 0 N–H and O–H groups in total. The zero-order valence-electron chi connectivity index (χ0n) is 15.1. The van der Waals surface area contributed by atoms with Crippen molar-refractivity contribution < 1.29 is 14.3 Å². The molecule has 2 aromatic rings. The monoisotopic (exact) mass is 419 g/mol. The van der Waals surface area contributed by atoms with Crippen LogP contribution in [0.2, 0.25) is 5.02 Å². The molecule has 0 spiro atoms. The third-order valence-electron chi connectivity index (χ3n) is 4.17. The van der Waals surface area contributed by atoms with Gasteiger partial charge in [-0.25, -0.2) is 0 Å². The molecule has 0 radical (unpaired) electrons. The van der Waals surface area contributed by atoms with Crippen molar-refractivity contribution in [3.05, 3.63) is 63.0 Å². The summed E-state index contributed by atoms with van der Waals surface area (Å²) in [5.74, 6) is 0.858. The van der Waals surface area contributed by atoms with Crippen LogP contribution in [-0.4, -0.2) is 29.3 Å². The highest BCUT2D eigenvalue weighted by Gasteiger charge is 2.28. The minimum Gasteiger partial charge on any atom is -0.493 e. The molecule has 4 nitrogen and oxygen atoms in total. The minimum absolute atomic E-state index is 0.125. The topological polar surface area (TPSA) is 38.8 Å². The molecule has 1 amide bonds. The van der Waals surface area contributed by atoms with Crippen molar-refractivity contribution in [2.75, 3.05) is 14.2 Å². The maximum absolute atomic E-state index is 12.2. The molecule has 1 fully saturated rings. The van der Waals surface area contributed by atoms with E-state index in [1.807, 2.05) is 31.2 Å². The normalized spacial score (nSPS) is 15.6. The van der Waals surface area contributed by atoms with Gasteiger partial charge >= 0.3 is 0 Å². The van der Waals surface area contributed by atoms with Gasteiger partial charge in [0.2, 0.25) is 0 Å². The summed E-state index contributed by atoms with van der Waals surface area (Å²) in [6, 6.07) is 11.5. The van der Waals surface area contributed by atoms with Gasteiger partial charge in [0.25, 0.3) is 5.91 Å². The van der Waals surface area contributed by atoms with Crippen LogP contribution in [0, 0.1) is 6.92 Å². The van der Waals surface area contributed by atoms with Crippen LogP contribution in [0.1, 0.15) is 16.7 Å². The summed E-state index contributed by atoms with van der Waals surface area (Å²) in [6.07, 6.45) is 1.75. The zero-order chi connectivity index (χ0) is 19.6. The molecule has 0 unspecified atom stereocenters. The molecule has 2 aromatic carbocycles. The van der Waals surface area contributed by atoms with Crippen LogP contribution in [0.15, 0.2) is 41.3 Å². The van der Waals surface area contributed by atoms with Gasteiger partial charge in [0.05, 0.1) is 17.0 Å². The minimum atomic E-state index is -0.125. The summed E-state index contributed by atoms with van der Waals surface area (Å²) in [5, 5.41) is 0.418. The Hall–Kier alpha value is -2.02. The number of likely N-dealkylation sites (N-methyl/N-ethyl adjacent to an activating group) is 1.